The fourth-order valence-electron chi connectivity index (χ4n) is 1.34. The van der Waals surface area contributed by atoms with Gasteiger partial charge in [-0.1, -0.05) is 10.5 Å². The summed E-state index contributed by atoms with van der Waals surface area (Å²) in [4.78, 5) is 0. The Labute approximate surface area is 128 Å². The van der Waals surface area contributed by atoms with Gasteiger partial charge in [0.1, 0.15) is 21.9 Å². The van der Waals surface area contributed by atoms with E-state index in [-0.39, 0.29) is 5.69 Å². The summed E-state index contributed by atoms with van der Waals surface area (Å²) in [5, 5.41) is 0. The van der Waals surface area contributed by atoms with E-state index >= 15 is 0 Å². The Balaban J connectivity index is 3.06. The van der Waals surface area contributed by atoms with Crippen LogP contribution < -0.4 is 4.72 Å². The van der Waals surface area contributed by atoms with E-state index < -0.39 is 31.9 Å². The molecule has 0 aromatic heterocycles. The van der Waals surface area contributed by atoms with Gasteiger partial charge in [0, 0.05) is 5.56 Å². The van der Waals surface area contributed by atoms with Gasteiger partial charge >= 0.3 is 0 Å². The maximum Gasteiger partial charge on any atom is 0.229 e. The van der Waals surface area contributed by atoms with Crippen molar-refractivity contribution < 1.29 is 17.4 Å². The minimum Gasteiger partial charge on any atom is -0.591 e. The van der Waals surface area contributed by atoms with Crippen LogP contribution in [-0.4, -0.2) is 29.7 Å². The molecule has 0 saturated carbocycles. The van der Waals surface area contributed by atoms with Gasteiger partial charge in [0.05, 0.1) is 17.7 Å². The highest BCUT2D eigenvalue weighted by Crippen LogP contribution is 2.21. The van der Waals surface area contributed by atoms with Crippen LogP contribution in [-0.2, 0) is 21.4 Å². The first-order valence-corrected chi connectivity index (χ1v) is 9.15. The average Bonchev–Trinajstić information content (AvgIpc) is 2.28. The SMILES string of the molecule is C/C(=N\[S@+]([O-])C(C)(C)C)c1ccc(NS(C)(=O)=O)c(F)c1. The molecule has 0 aliphatic rings. The molecule has 0 radical (unpaired) electrons. The van der Waals surface area contributed by atoms with Crippen molar-refractivity contribution in [3.8, 4) is 0 Å². The van der Waals surface area contributed by atoms with Crippen LogP contribution in [0.3, 0.4) is 0 Å². The zero-order chi connectivity index (χ0) is 16.4. The van der Waals surface area contributed by atoms with Crippen molar-refractivity contribution in [2.75, 3.05) is 11.0 Å². The first-order valence-electron chi connectivity index (χ1n) is 6.15. The standard InChI is InChI=1S/C13H19FN2O3S2/c1-9(15-20(17)13(2,3)4)10-6-7-12(11(14)8-10)16-21(5,18)19/h6-8,16H,1-5H3/b15-9+/t20-/m1/s1. The molecule has 0 amide bonds. The molecule has 8 heteroatoms. The molecule has 1 atom stereocenters. The summed E-state index contributed by atoms with van der Waals surface area (Å²) in [7, 11) is -3.54. The number of rotatable bonds is 4. The van der Waals surface area contributed by atoms with E-state index in [1.165, 1.54) is 12.1 Å². The Morgan fingerprint density at radius 3 is 2.38 bits per heavy atom. The number of sulfonamides is 1. The van der Waals surface area contributed by atoms with Crippen molar-refractivity contribution in [1.29, 1.82) is 0 Å². The Morgan fingerprint density at radius 1 is 1.38 bits per heavy atom. The van der Waals surface area contributed by atoms with E-state index in [4.69, 9.17) is 0 Å². The van der Waals surface area contributed by atoms with Crippen LogP contribution in [0.25, 0.3) is 0 Å². The fraction of sp³-hybridized carbons (Fsp3) is 0.462. The van der Waals surface area contributed by atoms with Crippen molar-refractivity contribution in [3.05, 3.63) is 29.6 Å². The zero-order valence-electron chi connectivity index (χ0n) is 12.6. The highest BCUT2D eigenvalue weighted by molar-refractivity contribution is 7.92. The Bertz CT molecular complexity index is 652. The number of nitrogens with zero attached hydrogens (tertiary/aromatic N) is 1. The minimum atomic E-state index is -3.54. The second-order valence-electron chi connectivity index (χ2n) is 5.61. The summed E-state index contributed by atoms with van der Waals surface area (Å²) < 4.78 is 53.6. The highest BCUT2D eigenvalue weighted by Gasteiger charge is 2.26. The molecule has 1 aromatic rings. The van der Waals surface area contributed by atoms with Crippen molar-refractivity contribution in [2.24, 2.45) is 4.40 Å². The maximum atomic E-state index is 13.9. The molecule has 0 heterocycles. The molecule has 21 heavy (non-hydrogen) atoms. The van der Waals surface area contributed by atoms with E-state index in [9.17, 15) is 17.4 Å². The van der Waals surface area contributed by atoms with Gasteiger partial charge in [0.25, 0.3) is 0 Å². The molecule has 0 saturated heterocycles. The smallest absolute Gasteiger partial charge is 0.229 e. The fourth-order valence-corrected chi connectivity index (χ4v) is 2.53. The molecule has 0 fully saturated rings. The predicted molar refractivity (Wildman–Crippen MR) is 85.0 cm³/mol. The number of hydrogen-bond donors (Lipinski definition) is 1. The van der Waals surface area contributed by atoms with E-state index in [0.717, 1.165) is 12.3 Å². The zero-order valence-corrected chi connectivity index (χ0v) is 14.2. The molecule has 0 aliphatic heterocycles. The van der Waals surface area contributed by atoms with Crippen molar-refractivity contribution in [2.45, 2.75) is 32.4 Å². The van der Waals surface area contributed by atoms with Gasteiger partial charge in [-0.3, -0.25) is 4.72 Å². The largest absolute Gasteiger partial charge is 0.591 e. The summed E-state index contributed by atoms with van der Waals surface area (Å²) in [6.45, 7) is 7.00. The van der Waals surface area contributed by atoms with Crippen LogP contribution in [0.1, 0.15) is 33.3 Å². The van der Waals surface area contributed by atoms with E-state index in [0.29, 0.717) is 11.3 Å². The molecule has 0 spiro atoms. The molecular formula is C13H19FN2O3S2. The molecule has 5 nitrogen and oxygen atoms in total. The molecule has 118 valence electrons. The molecule has 1 N–H and O–H groups in total. The summed E-state index contributed by atoms with van der Waals surface area (Å²) in [5.41, 5.74) is 0.739. The normalized spacial score (nSPS) is 14.9. The molecule has 0 aliphatic carbocycles. The third-order valence-electron chi connectivity index (χ3n) is 2.43. The Kier molecular flexibility index (Phi) is 5.40. The first-order chi connectivity index (χ1) is 9.40. The quantitative estimate of drug-likeness (QED) is 0.678. The second kappa shape index (κ2) is 6.33. The van der Waals surface area contributed by atoms with Crippen molar-refractivity contribution in [1.82, 2.24) is 0 Å². The number of nitrogens with one attached hydrogen (secondary N) is 1. The number of anilines is 1. The topological polar surface area (TPSA) is 81.6 Å². The third kappa shape index (κ3) is 5.64. The number of hydrogen-bond acceptors (Lipinski definition) is 4. The monoisotopic (exact) mass is 334 g/mol. The summed E-state index contributed by atoms with van der Waals surface area (Å²) in [6.07, 6.45) is 0.944. The van der Waals surface area contributed by atoms with Gasteiger partial charge in [-0.15, -0.1) is 0 Å². The van der Waals surface area contributed by atoms with Crippen molar-refractivity contribution in [3.63, 3.8) is 0 Å². The van der Waals surface area contributed by atoms with E-state index in [2.05, 4.69) is 9.12 Å². The molecule has 1 aromatic carbocycles. The van der Waals surface area contributed by atoms with E-state index in [1.807, 2.05) is 0 Å². The average molecular weight is 334 g/mol. The maximum absolute atomic E-state index is 13.9. The van der Waals surface area contributed by atoms with Gasteiger partial charge in [-0.25, -0.2) is 12.8 Å². The lowest BCUT2D eigenvalue weighted by Crippen LogP contribution is -2.26. The first kappa shape index (κ1) is 17.9. The van der Waals surface area contributed by atoms with Crippen LogP contribution >= 0.6 is 0 Å². The van der Waals surface area contributed by atoms with Gasteiger partial charge in [0.15, 0.2) is 0 Å². The predicted octanol–water partition coefficient (Wildman–Crippen LogP) is 2.47. The van der Waals surface area contributed by atoms with Crippen LogP contribution in [0.4, 0.5) is 10.1 Å². The third-order valence-corrected chi connectivity index (χ3v) is 4.50. The van der Waals surface area contributed by atoms with Crippen LogP contribution in [0.5, 0.6) is 0 Å². The Hall–Kier alpha value is -1.12. The molecule has 1 rings (SSSR count). The molecule has 0 bridgehead atoms. The van der Waals surface area contributed by atoms with Crippen molar-refractivity contribution >= 4 is 32.8 Å². The van der Waals surface area contributed by atoms with E-state index in [1.54, 1.807) is 27.7 Å². The Morgan fingerprint density at radius 2 is 1.95 bits per heavy atom. The van der Waals surface area contributed by atoms with Gasteiger partial charge in [0.2, 0.25) is 10.0 Å². The summed E-state index contributed by atoms with van der Waals surface area (Å²) in [5.74, 6) is -0.714. The highest BCUT2D eigenvalue weighted by atomic mass is 32.2. The second-order valence-corrected chi connectivity index (χ2v) is 9.26. The molecular weight excluding hydrogens is 315 g/mol. The summed E-state index contributed by atoms with van der Waals surface area (Å²) in [6, 6.07) is 3.99. The number of benzene rings is 1. The van der Waals surface area contributed by atoms with Gasteiger partial charge in [-0.05, 0) is 39.8 Å². The number of halogens is 1. The lowest BCUT2D eigenvalue weighted by Gasteiger charge is -2.18. The minimum absolute atomic E-state index is 0.133. The van der Waals surface area contributed by atoms with Crippen LogP contribution in [0, 0.1) is 5.82 Å². The van der Waals surface area contributed by atoms with Crippen LogP contribution in [0.2, 0.25) is 0 Å². The lowest BCUT2D eigenvalue weighted by molar-refractivity contribution is 0.561. The van der Waals surface area contributed by atoms with Gasteiger partial charge < -0.3 is 4.55 Å². The van der Waals surface area contributed by atoms with Gasteiger partial charge in [-0.2, -0.15) is 0 Å². The van der Waals surface area contributed by atoms with Crippen LogP contribution in [0.15, 0.2) is 22.6 Å². The lowest BCUT2D eigenvalue weighted by atomic mass is 10.1. The molecule has 0 unspecified atom stereocenters. The summed E-state index contributed by atoms with van der Waals surface area (Å²) >= 11 is -1.44.